The summed E-state index contributed by atoms with van der Waals surface area (Å²) in [5.41, 5.74) is 2.80. The van der Waals surface area contributed by atoms with Gasteiger partial charge in [0.05, 0.1) is 17.6 Å². The van der Waals surface area contributed by atoms with Crippen molar-refractivity contribution < 1.29 is 9.50 Å². The second kappa shape index (κ2) is 7.76. The number of rotatable bonds is 7. The van der Waals surface area contributed by atoms with Gasteiger partial charge >= 0.3 is 0 Å². The van der Waals surface area contributed by atoms with Crippen LogP contribution in [0, 0.1) is 5.82 Å². The summed E-state index contributed by atoms with van der Waals surface area (Å²) in [6.45, 7) is 3.60. The fourth-order valence-electron chi connectivity index (χ4n) is 3.40. The fraction of sp³-hybridized carbons (Fsp3) is 0.350. The van der Waals surface area contributed by atoms with Crippen molar-refractivity contribution in [3.8, 4) is 0 Å². The van der Waals surface area contributed by atoms with Gasteiger partial charge in [0.2, 0.25) is 0 Å². The summed E-state index contributed by atoms with van der Waals surface area (Å²) < 4.78 is 15.6. The molecule has 1 atom stereocenters. The summed E-state index contributed by atoms with van der Waals surface area (Å²) >= 11 is 0. The molecule has 132 valence electrons. The topological polar surface area (TPSA) is 41.3 Å². The van der Waals surface area contributed by atoms with Gasteiger partial charge in [-0.25, -0.2) is 9.37 Å². The average molecular weight is 341 g/mol. The van der Waals surface area contributed by atoms with Crippen LogP contribution in [0.1, 0.15) is 30.8 Å². The van der Waals surface area contributed by atoms with Gasteiger partial charge in [0.1, 0.15) is 11.6 Å². The zero-order chi connectivity index (χ0) is 17.8. The molecule has 0 fully saturated rings. The van der Waals surface area contributed by atoms with Crippen molar-refractivity contribution in [1.29, 1.82) is 0 Å². The minimum atomic E-state index is -0.268. The second-order valence-corrected chi connectivity index (χ2v) is 6.26. The number of nitrogens with zero attached hydrogens (tertiary/aromatic N) is 3. The zero-order valence-electron chi connectivity index (χ0n) is 14.7. The van der Waals surface area contributed by atoms with Crippen molar-refractivity contribution in [2.75, 3.05) is 13.7 Å². The highest BCUT2D eigenvalue weighted by Crippen LogP contribution is 2.25. The summed E-state index contributed by atoms with van der Waals surface area (Å²) in [6, 6.07) is 15.0. The predicted molar refractivity (Wildman–Crippen MR) is 97.7 cm³/mol. The Morgan fingerprint density at radius 1 is 1.20 bits per heavy atom. The van der Waals surface area contributed by atoms with E-state index in [1.54, 1.807) is 6.07 Å². The van der Waals surface area contributed by atoms with Crippen LogP contribution in [-0.2, 0) is 13.1 Å². The van der Waals surface area contributed by atoms with E-state index in [9.17, 15) is 9.50 Å². The van der Waals surface area contributed by atoms with Crippen LogP contribution in [0.25, 0.3) is 11.0 Å². The number of aryl methyl sites for hydroxylation is 1. The first-order valence-electron chi connectivity index (χ1n) is 8.64. The summed E-state index contributed by atoms with van der Waals surface area (Å²) in [7, 11) is 2.03. The molecule has 1 N–H and O–H groups in total. The van der Waals surface area contributed by atoms with Gasteiger partial charge in [-0.1, -0.05) is 30.3 Å². The number of hydrogen-bond donors (Lipinski definition) is 1. The summed E-state index contributed by atoms with van der Waals surface area (Å²) in [4.78, 5) is 6.83. The largest absolute Gasteiger partial charge is 0.396 e. The summed E-state index contributed by atoms with van der Waals surface area (Å²) in [6.07, 6.45) is 0.654. The number of aliphatic hydroxyl groups excluding tert-OH is 1. The van der Waals surface area contributed by atoms with Crippen LogP contribution >= 0.6 is 0 Å². The van der Waals surface area contributed by atoms with E-state index in [4.69, 9.17) is 0 Å². The number of aliphatic hydroxyl groups is 1. The number of aromatic nitrogens is 2. The lowest BCUT2D eigenvalue weighted by Crippen LogP contribution is -2.26. The molecule has 0 aliphatic carbocycles. The zero-order valence-corrected chi connectivity index (χ0v) is 14.7. The first kappa shape index (κ1) is 17.6. The van der Waals surface area contributed by atoms with Gasteiger partial charge in [-0.15, -0.1) is 0 Å². The van der Waals surface area contributed by atoms with E-state index in [0.717, 1.165) is 17.9 Å². The molecule has 2 aromatic carbocycles. The van der Waals surface area contributed by atoms with E-state index in [1.807, 2.05) is 25.2 Å². The van der Waals surface area contributed by atoms with Crippen LogP contribution in [0.2, 0.25) is 0 Å². The van der Waals surface area contributed by atoms with Crippen LogP contribution in [0.3, 0.4) is 0 Å². The molecule has 0 aliphatic rings. The van der Waals surface area contributed by atoms with E-state index < -0.39 is 0 Å². The highest BCUT2D eigenvalue weighted by Gasteiger charge is 2.19. The smallest absolute Gasteiger partial charge is 0.125 e. The Balaban J connectivity index is 1.90. The Morgan fingerprint density at radius 3 is 2.64 bits per heavy atom. The average Bonchev–Trinajstić information content (AvgIpc) is 2.96. The molecule has 4 nitrogen and oxygen atoms in total. The van der Waals surface area contributed by atoms with Crippen molar-refractivity contribution in [2.45, 2.75) is 32.5 Å². The Bertz CT molecular complexity index is 832. The van der Waals surface area contributed by atoms with Gasteiger partial charge in [0, 0.05) is 25.3 Å². The molecule has 0 bridgehead atoms. The lowest BCUT2D eigenvalue weighted by atomic mass is 10.0. The van der Waals surface area contributed by atoms with Crippen molar-refractivity contribution >= 4 is 11.0 Å². The van der Waals surface area contributed by atoms with E-state index in [-0.39, 0.29) is 18.5 Å². The lowest BCUT2D eigenvalue weighted by Gasteiger charge is -2.28. The monoisotopic (exact) mass is 341 g/mol. The molecule has 3 rings (SSSR count). The Labute approximate surface area is 147 Å². The second-order valence-electron chi connectivity index (χ2n) is 6.26. The third-order valence-electron chi connectivity index (χ3n) is 4.62. The van der Waals surface area contributed by atoms with Crippen molar-refractivity contribution in [2.24, 2.45) is 0 Å². The maximum Gasteiger partial charge on any atom is 0.125 e. The third-order valence-corrected chi connectivity index (χ3v) is 4.62. The molecule has 1 aromatic heterocycles. The number of halogens is 1. The van der Waals surface area contributed by atoms with Crippen molar-refractivity contribution in [3.05, 3.63) is 65.7 Å². The van der Waals surface area contributed by atoms with Crippen LogP contribution in [0.4, 0.5) is 4.39 Å². The molecular weight excluding hydrogens is 317 g/mol. The molecule has 1 unspecified atom stereocenters. The Kier molecular flexibility index (Phi) is 5.46. The maximum absolute atomic E-state index is 13.5. The predicted octanol–water partition coefficient (Wildman–Crippen LogP) is 3.75. The lowest BCUT2D eigenvalue weighted by molar-refractivity contribution is 0.176. The summed E-state index contributed by atoms with van der Waals surface area (Å²) in [5.74, 6) is 0.639. The standard InChI is InChI=1S/C20H24FN3O/c1-3-24-19-10-9-16(21)13-17(19)22-20(24)14-23(2)18(11-12-25)15-7-5-4-6-8-15/h4-10,13,18,25H,3,11-12,14H2,1-2H3. The van der Waals surface area contributed by atoms with Gasteiger partial charge in [0.25, 0.3) is 0 Å². The van der Waals surface area contributed by atoms with Crippen molar-refractivity contribution in [3.63, 3.8) is 0 Å². The Hall–Kier alpha value is -2.24. The van der Waals surface area contributed by atoms with E-state index >= 15 is 0 Å². The van der Waals surface area contributed by atoms with Crippen LogP contribution in [0.15, 0.2) is 48.5 Å². The maximum atomic E-state index is 13.5. The molecule has 1 heterocycles. The highest BCUT2D eigenvalue weighted by molar-refractivity contribution is 5.76. The molecule has 0 spiro atoms. The van der Waals surface area contributed by atoms with E-state index in [1.165, 1.54) is 17.7 Å². The minimum Gasteiger partial charge on any atom is -0.396 e. The van der Waals surface area contributed by atoms with E-state index in [0.29, 0.717) is 18.5 Å². The van der Waals surface area contributed by atoms with Gasteiger partial charge in [-0.2, -0.15) is 0 Å². The fourth-order valence-corrected chi connectivity index (χ4v) is 3.40. The molecule has 25 heavy (non-hydrogen) atoms. The molecular formula is C20H24FN3O. The number of benzene rings is 2. The number of hydrogen-bond acceptors (Lipinski definition) is 3. The number of fused-ring (bicyclic) bond motifs is 1. The van der Waals surface area contributed by atoms with Gasteiger partial charge in [0.15, 0.2) is 0 Å². The first-order chi connectivity index (χ1) is 12.1. The Morgan fingerprint density at radius 2 is 1.96 bits per heavy atom. The molecule has 0 saturated carbocycles. The quantitative estimate of drug-likeness (QED) is 0.711. The minimum absolute atomic E-state index is 0.105. The molecule has 3 aromatic rings. The molecule has 0 saturated heterocycles. The highest BCUT2D eigenvalue weighted by atomic mass is 19.1. The summed E-state index contributed by atoms with van der Waals surface area (Å²) in [5, 5.41) is 9.47. The van der Waals surface area contributed by atoms with Crippen LogP contribution < -0.4 is 0 Å². The number of imidazole rings is 1. The normalized spacial score (nSPS) is 12.8. The van der Waals surface area contributed by atoms with Crippen LogP contribution in [0.5, 0.6) is 0 Å². The molecule has 5 heteroatoms. The first-order valence-corrected chi connectivity index (χ1v) is 8.64. The SMILES string of the molecule is CCn1c(CN(C)C(CCO)c2ccccc2)nc2cc(F)ccc21. The van der Waals surface area contributed by atoms with Crippen molar-refractivity contribution in [1.82, 2.24) is 14.5 Å². The van der Waals surface area contributed by atoms with Gasteiger partial charge < -0.3 is 9.67 Å². The van der Waals surface area contributed by atoms with Gasteiger partial charge in [-0.3, -0.25) is 4.90 Å². The van der Waals surface area contributed by atoms with Crippen LogP contribution in [-0.4, -0.2) is 33.2 Å². The molecule has 0 radical (unpaired) electrons. The van der Waals surface area contributed by atoms with Gasteiger partial charge in [-0.05, 0) is 38.1 Å². The van der Waals surface area contributed by atoms with E-state index in [2.05, 4.69) is 33.5 Å². The molecule has 0 amide bonds. The third kappa shape index (κ3) is 3.72. The molecule has 0 aliphatic heterocycles.